The molecule has 0 unspecified atom stereocenters. The maximum atomic E-state index is 4.41. The number of hydrogen-bond acceptors (Lipinski definition) is 4. The molecule has 2 saturated heterocycles. The lowest BCUT2D eigenvalue weighted by atomic mass is 9.81. The number of nitrogens with one attached hydrogen (secondary N) is 1. The molecule has 17 heavy (non-hydrogen) atoms. The SMILES string of the molecule is Cc1cnc(N2CCC(C3CNC3)CC2)nc1. The zero-order valence-electron chi connectivity index (χ0n) is 10.4. The second-order valence-electron chi connectivity index (χ2n) is 5.30. The summed E-state index contributed by atoms with van der Waals surface area (Å²) in [5.41, 5.74) is 1.13. The fourth-order valence-corrected chi connectivity index (χ4v) is 2.76. The van der Waals surface area contributed by atoms with Gasteiger partial charge in [-0.25, -0.2) is 9.97 Å². The van der Waals surface area contributed by atoms with Crippen LogP contribution < -0.4 is 10.2 Å². The van der Waals surface area contributed by atoms with Gasteiger partial charge in [0, 0.05) is 25.5 Å². The minimum absolute atomic E-state index is 0.904. The molecule has 1 aromatic rings. The van der Waals surface area contributed by atoms with Gasteiger partial charge < -0.3 is 10.2 Å². The largest absolute Gasteiger partial charge is 0.341 e. The van der Waals surface area contributed by atoms with Crippen LogP contribution in [0.25, 0.3) is 0 Å². The van der Waals surface area contributed by atoms with Crippen LogP contribution in [0.2, 0.25) is 0 Å². The van der Waals surface area contributed by atoms with E-state index < -0.39 is 0 Å². The number of aromatic nitrogens is 2. The van der Waals surface area contributed by atoms with Crippen molar-refractivity contribution in [1.82, 2.24) is 15.3 Å². The standard InChI is InChI=1S/C13H20N4/c1-10-6-15-13(16-7-10)17-4-2-11(3-5-17)12-8-14-9-12/h6-7,11-12,14H,2-5,8-9H2,1H3. The molecule has 1 aromatic heterocycles. The predicted molar refractivity (Wildman–Crippen MR) is 68.1 cm³/mol. The molecule has 2 aliphatic heterocycles. The lowest BCUT2D eigenvalue weighted by molar-refractivity contribution is 0.199. The zero-order valence-corrected chi connectivity index (χ0v) is 10.4. The minimum atomic E-state index is 0.904. The highest BCUT2D eigenvalue weighted by Crippen LogP contribution is 2.28. The van der Waals surface area contributed by atoms with E-state index in [4.69, 9.17) is 0 Å². The Balaban J connectivity index is 1.58. The van der Waals surface area contributed by atoms with Crippen LogP contribution in [0.5, 0.6) is 0 Å². The van der Waals surface area contributed by atoms with Crippen molar-refractivity contribution in [2.45, 2.75) is 19.8 Å². The number of rotatable bonds is 2. The molecule has 3 rings (SSSR count). The van der Waals surface area contributed by atoms with Gasteiger partial charge in [-0.05, 0) is 50.3 Å². The second kappa shape index (κ2) is 4.61. The van der Waals surface area contributed by atoms with Crippen molar-refractivity contribution in [3.8, 4) is 0 Å². The average Bonchev–Trinajstić information content (AvgIpc) is 2.29. The van der Waals surface area contributed by atoms with E-state index >= 15 is 0 Å². The van der Waals surface area contributed by atoms with Gasteiger partial charge in [0.15, 0.2) is 0 Å². The fraction of sp³-hybridized carbons (Fsp3) is 0.692. The van der Waals surface area contributed by atoms with Gasteiger partial charge in [0.25, 0.3) is 0 Å². The number of piperidine rings is 1. The van der Waals surface area contributed by atoms with Crippen LogP contribution in [0.15, 0.2) is 12.4 Å². The number of hydrogen-bond donors (Lipinski definition) is 1. The molecular formula is C13H20N4. The van der Waals surface area contributed by atoms with E-state index in [-0.39, 0.29) is 0 Å². The van der Waals surface area contributed by atoms with Crippen molar-refractivity contribution >= 4 is 5.95 Å². The molecule has 4 heteroatoms. The Morgan fingerprint density at radius 2 is 1.76 bits per heavy atom. The van der Waals surface area contributed by atoms with Crippen LogP contribution in [0.4, 0.5) is 5.95 Å². The summed E-state index contributed by atoms with van der Waals surface area (Å²) >= 11 is 0. The maximum absolute atomic E-state index is 4.41. The molecule has 2 aliphatic rings. The minimum Gasteiger partial charge on any atom is -0.341 e. The van der Waals surface area contributed by atoms with Crippen molar-refractivity contribution in [1.29, 1.82) is 0 Å². The van der Waals surface area contributed by atoms with Crippen LogP contribution in [-0.4, -0.2) is 36.1 Å². The summed E-state index contributed by atoms with van der Waals surface area (Å²) in [5.74, 6) is 2.75. The molecule has 2 fully saturated rings. The third kappa shape index (κ3) is 2.27. The Hall–Kier alpha value is -1.16. The van der Waals surface area contributed by atoms with E-state index in [9.17, 15) is 0 Å². The summed E-state index contributed by atoms with van der Waals surface area (Å²) in [6.45, 7) is 6.71. The Kier molecular flexibility index (Phi) is 2.97. The quantitative estimate of drug-likeness (QED) is 0.832. The lowest BCUT2D eigenvalue weighted by Crippen LogP contribution is -2.49. The van der Waals surface area contributed by atoms with E-state index in [0.717, 1.165) is 36.4 Å². The number of nitrogens with zero attached hydrogens (tertiary/aromatic N) is 3. The summed E-state index contributed by atoms with van der Waals surface area (Å²) in [6.07, 6.45) is 6.40. The highest BCUT2D eigenvalue weighted by atomic mass is 15.2. The summed E-state index contributed by atoms with van der Waals surface area (Å²) in [5, 5.41) is 3.37. The van der Waals surface area contributed by atoms with Gasteiger partial charge in [-0.1, -0.05) is 0 Å². The first-order valence-corrected chi connectivity index (χ1v) is 6.57. The first-order valence-electron chi connectivity index (χ1n) is 6.57. The third-order valence-corrected chi connectivity index (χ3v) is 4.07. The first-order chi connectivity index (χ1) is 8.33. The molecule has 0 atom stereocenters. The molecule has 0 aliphatic carbocycles. The molecule has 0 aromatic carbocycles. The zero-order chi connectivity index (χ0) is 11.7. The molecule has 0 bridgehead atoms. The van der Waals surface area contributed by atoms with Crippen molar-refractivity contribution < 1.29 is 0 Å². The summed E-state index contributed by atoms with van der Waals surface area (Å²) in [7, 11) is 0. The topological polar surface area (TPSA) is 41.1 Å². The normalized spacial score (nSPS) is 22.5. The number of aryl methyl sites for hydroxylation is 1. The summed E-state index contributed by atoms with van der Waals surface area (Å²) in [6, 6.07) is 0. The maximum Gasteiger partial charge on any atom is 0.225 e. The smallest absolute Gasteiger partial charge is 0.225 e. The molecule has 0 radical (unpaired) electrons. The molecule has 0 amide bonds. The van der Waals surface area contributed by atoms with Crippen LogP contribution in [-0.2, 0) is 0 Å². The van der Waals surface area contributed by atoms with Crippen molar-refractivity contribution in [3.63, 3.8) is 0 Å². The first kappa shape index (κ1) is 11.0. The summed E-state index contributed by atoms with van der Waals surface area (Å²) in [4.78, 5) is 11.1. The second-order valence-corrected chi connectivity index (χ2v) is 5.30. The van der Waals surface area contributed by atoms with Gasteiger partial charge in [-0.3, -0.25) is 0 Å². The lowest BCUT2D eigenvalue weighted by Gasteiger charge is -2.40. The van der Waals surface area contributed by atoms with Crippen LogP contribution >= 0.6 is 0 Å². The van der Waals surface area contributed by atoms with E-state index in [1.807, 2.05) is 19.3 Å². The average molecular weight is 232 g/mol. The summed E-state index contributed by atoms with van der Waals surface area (Å²) < 4.78 is 0. The molecule has 1 N–H and O–H groups in total. The third-order valence-electron chi connectivity index (χ3n) is 4.07. The van der Waals surface area contributed by atoms with Gasteiger partial charge in [0.05, 0.1) is 0 Å². The van der Waals surface area contributed by atoms with E-state index in [1.165, 1.54) is 25.9 Å². The Morgan fingerprint density at radius 1 is 1.12 bits per heavy atom. The van der Waals surface area contributed by atoms with Gasteiger partial charge in [-0.2, -0.15) is 0 Å². The van der Waals surface area contributed by atoms with E-state index in [1.54, 1.807) is 0 Å². The molecule has 0 saturated carbocycles. The molecule has 92 valence electrons. The van der Waals surface area contributed by atoms with Gasteiger partial charge in [-0.15, -0.1) is 0 Å². The highest BCUT2D eigenvalue weighted by Gasteiger charge is 2.30. The van der Waals surface area contributed by atoms with Gasteiger partial charge in [0.2, 0.25) is 5.95 Å². The van der Waals surface area contributed by atoms with Crippen molar-refractivity contribution in [2.75, 3.05) is 31.1 Å². The van der Waals surface area contributed by atoms with Crippen LogP contribution in [0, 0.1) is 18.8 Å². The molecular weight excluding hydrogens is 212 g/mol. The Bertz CT molecular complexity index is 364. The molecule has 3 heterocycles. The van der Waals surface area contributed by atoms with Gasteiger partial charge in [0.1, 0.15) is 0 Å². The number of anilines is 1. The fourth-order valence-electron chi connectivity index (χ4n) is 2.76. The van der Waals surface area contributed by atoms with Crippen LogP contribution in [0.1, 0.15) is 18.4 Å². The van der Waals surface area contributed by atoms with E-state index in [2.05, 4.69) is 20.2 Å². The van der Waals surface area contributed by atoms with Gasteiger partial charge >= 0.3 is 0 Å². The van der Waals surface area contributed by atoms with Crippen molar-refractivity contribution in [2.24, 2.45) is 11.8 Å². The van der Waals surface area contributed by atoms with Crippen molar-refractivity contribution in [3.05, 3.63) is 18.0 Å². The molecule has 4 nitrogen and oxygen atoms in total. The highest BCUT2D eigenvalue weighted by molar-refractivity contribution is 5.30. The monoisotopic (exact) mass is 232 g/mol. The molecule has 0 spiro atoms. The van der Waals surface area contributed by atoms with E-state index in [0.29, 0.717) is 0 Å². The van der Waals surface area contributed by atoms with Crippen LogP contribution in [0.3, 0.4) is 0 Å². The Morgan fingerprint density at radius 3 is 2.29 bits per heavy atom. The Labute approximate surface area is 102 Å². The predicted octanol–water partition coefficient (Wildman–Crippen LogP) is 1.22.